The fourth-order valence-electron chi connectivity index (χ4n) is 5.35. The zero-order valence-corrected chi connectivity index (χ0v) is 9.13. The molecule has 4 fully saturated rings. The van der Waals surface area contributed by atoms with Crippen LogP contribution in [0.15, 0.2) is 11.6 Å². The van der Waals surface area contributed by atoms with Gasteiger partial charge in [-0.2, -0.15) is 0 Å². The molecular weight excluding hydrogens is 168 g/mol. The SMILES string of the molecule is CC1C=C1C12CC3CC(CC(C3)C1)C2. The largest absolute Gasteiger partial charge is 0.0773 e. The van der Waals surface area contributed by atoms with Gasteiger partial charge in [0.2, 0.25) is 0 Å². The van der Waals surface area contributed by atoms with Crippen LogP contribution < -0.4 is 0 Å². The van der Waals surface area contributed by atoms with Crippen molar-refractivity contribution in [3.05, 3.63) is 11.6 Å². The molecule has 0 heterocycles. The summed E-state index contributed by atoms with van der Waals surface area (Å²) in [5, 5.41) is 0. The van der Waals surface area contributed by atoms with Gasteiger partial charge in [-0.25, -0.2) is 0 Å². The van der Waals surface area contributed by atoms with Gasteiger partial charge < -0.3 is 0 Å². The van der Waals surface area contributed by atoms with E-state index in [4.69, 9.17) is 0 Å². The summed E-state index contributed by atoms with van der Waals surface area (Å²) < 4.78 is 0. The minimum absolute atomic E-state index is 0.744. The summed E-state index contributed by atoms with van der Waals surface area (Å²) in [6.07, 6.45) is 12.0. The van der Waals surface area contributed by atoms with E-state index >= 15 is 0 Å². The van der Waals surface area contributed by atoms with E-state index < -0.39 is 0 Å². The average molecular weight is 188 g/mol. The van der Waals surface area contributed by atoms with Gasteiger partial charge in [-0.15, -0.1) is 0 Å². The van der Waals surface area contributed by atoms with Gasteiger partial charge in [0.1, 0.15) is 0 Å². The van der Waals surface area contributed by atoms with Gasteiger partial charge in [-0.1, -0.05) is 18.6 Å². The molecule has 4 bridgehead atoms. The van der Waals surface area contributed by atoms with Crippen molar-refractivity contribution in [3.63, 3.8) is 0 Å². The molecule has 0 heteroatoms. The Hall–Kier alpha value is -0.260. The highest BCUT2D eigenvalue weighted by molar-refractivity contribution is 5.37. The quantitative estimate of drug-likeness (QED) is 0.549. The Morgan fingerprint density at radius 3 is 1.79 bits per heavy atom. The number of allylic oxidation sites excluding steroid dienone is 2. The fraction of sp³-hybridized carbons (Fsp3) is 0.857. The normalized spacial score (nSPS) is 58.8. The van der Waals surface area contributed by atoms with Gasteiger partial charge in [-0.3, -0.25) is 0 Å². The fourth-order valence-corrected chi connectivity index (χ4v) is 5.35. The zero-order chi connectivity index (χ0) is 9.34. The highest BCUT2D eigenvalue weighted by atomic mass is 14.6. The lowest BCUT2D eigenvalue weighted by atomic mass is 9.48. The molecule has 76 valence electrons. The molecule has 0 amide bonds. The van der Waals surface area contributed by atoms with Crippen LogP contribution in [0.25, 0.3) is 0 Å². The maximum atomic E-state index is 2.55. The Balaban J connectivity index is 1.71. The third kappa shape index (κ3) is 0.902. The lowest BCUT2D eigenvalue weighted by Crippen LogP contribution is -2.46. The van der Waals surface area contributed by atoms with Crippen LogP contribution in [0.1, 0.15) is 45.4 Å². The molecule has 0 aromatic heterocycles. The second kappa shape index (κ2) is 2.28. The van der Waals surface area contributed by atoms with E-state index in [1.165, 1.54) is 0 Å². The first-order valence-electron chi connectivity index (χ1n) is 6.47. The van der Waals surface area contributed by atoms with Crippen LogP contribution in [0.5, 0.6) is 0 Å². The van der Waals surface area contributed by atoms with Crippen molar-refractivity contribution in [2.45, 2.75) is 45.4 Å². The number of hydrogen-bond acceptors (Lipinski definition) is 0. The van der Waals surface area contributed by atoms with E-state index in [0.717, 1.165) is 29.1 Å². The van der Waals surface area contributed by atoms with Gasteiger partial charge in [-0.05, 0) is 67.6 Å². The Kier molecular flexibility index (Phi) is 1.30. The average Bonchev–Trinajstić information content (AvgIpc) is 2.80. The predicted octanol–water partition coefficient (Wildman–Crippen LogP) is 3.78. The van der Waals surface area contributed by atoms with Gasteiger partial charge in [0.05, 0.1) is 0 Å². The van der Waals surface area contributed by atoms with Crippen LogP contribution >= 0.6 is 0 Å². The lowest BCUT2D eigenvalue weighted by molar-refractivity contribution is -0.0294. The van der Waals surface area contributed by atoms with Crippen molar-refractivity contribution in [2.24, 2.45) is 29.1 Å². The molecule has 0 aromatic carbocycles. The molecule has 0 N–H and O–H groups in total. The predicted molar refractivity (Wildman–Crippen MR) is 57.9 cm³/mol. The van der Waals surface area contributed by atoms with Crippen molar-refractivity contribution in [1.29, 1.82) is 0 Å². The van der Waals surface area contributed by atoms with Crippen molar-refractivity contribution >= 4 is 0 Å². The smallest absolute Gasteiger partial charge is 0.00428 e. The molecule has 0 saturated heterocycles. The minimum Gasteiger partial charge on any atom is -0.0773 e. The number of hydrogen-bond donors (Lipinski definition) is 0. The monoisotopic (exact) mass is 188 g/mol. The molecule has 14 heavy (non-hydrogen) atoms. The maximum absolute atomic E-state index is 2.55. The molecule has 0 spiro atoms. The van der Waals surface area contributed by atoms with Crippen LogP contribution in [-0.4, -0.2) is 0 Å². The summed E-state index contributed by atoms with van der Waals surface area (Å²) in [4.78, 5) is 0. The van der Waals surface area contributed by atoms with Crippen molar-refractivity contribution in [3.8, 4) is 0 Å². The Bertz CT molecular complexity index is 275. The Morgan fingerprint density at radius 1 is 1.00 bits per heavy atom. The summed E-state index contributed by atoms with van der Waals surface area (Å²) in [6.45, 7) is 2.40. The first-order chi connectivity index (χ1) is 6.75. The molecule has 1 unspecified atom stereocenters. The molecule has 5 aliphatic rings. The van der Waals surface area contributed by atoms with Crippen LogP contribution in [-0.2, 0) is 0 Å². The van der Waals surface area contributed by atoms with Crippen LogP contribution in [0.4, 0.5) is 0 Å². The summed E-state index contributed by atoms with van der Waals surface area (Å²) >= 11 is 0. The second-order valence-corrected chi connectivity index (χ2v) is 6.61. The third-order valence-electron chi connectivity index (χ3n) is 5.46. The molecule has 1 atom stereocenters. The van der Waals surface area contributed by atoms with Gasteiger partial charge in [0.15, 0.2) is 0 Å². The highest BCUT2D eigenvalue weighted by Crippen LogP contribution is 2.66. The van der Waals surface area contributed by atoms with Gasteiger partial charge in [0, 0.05) is 0 Å². The van der Waals surface area contributed by atoms with E-state index in [0.29, 0.717) is 0 Å². The molecule has 4 saturated carbocycles. The molecule has 5 rings (SSSR count). The first kappa shape index (κ1) is 7.96. The summed E-state index contributed by atoms with van der Waals surface area (Å²) in [6, 6.07) is 0. The van der Waals surface area contributed by atoms with Crippen LogP contribution in [0.2, 0.25) is 0 Å². The molecule has 0 nitrogen and oxygen atoms in total. The van der Waals surface area contributed by atoms with E-state index in [1.807, 2.05) is 5.57 Å². The van der Waals surface area contributed by atoms with E-state index in [-0.39, 0.29) is 0 Å². The summed E-state index contributed by atoms with van der Waals surface area (Å²) in [5.74, 6) is 4.24. The molecule has 0 radical (unpaired) electrons. The van der Waals surface area contributed by atoms with E-state index in [9.17, 15) is 0 Å². The molecular formula is C14H20. The summed E-state index contributed by atoms with van der Waals surface area (Å²) in [7, 11) is 0. The summed E-state index contributed by atoms with van der Waals surface area (Å²) in [5.41, 5.74) is 2.62. The molecule has 5 aliphatic carbocycles. The van der Waals surface area contributed by atoms with Crippen molar-refractivity contribution in [1.82, 2.24) is 0 Å². The molecule has 0 aliphatic heterocycles. The lowest BCUT2D eigenvalue weighted by Gasteiger charge is -2.56. The minimum atomic E-state index is 0.744. The zero-order valence-electron chi connectivity index (χ0n) is 9.13. The Morgan fingerprint density at radius 2 is 1.43 bits per heavy atom. The van der Waals surface area contributed by atoms with E-state index in [1.54, 1.807) is 38.5 Å². The Labute approximate surface area is 86.8 Å². The van der Waals surface area contributed by atoms with Crippen LogP contribution in [0.3, 0.4) is 0 Å². The van der Waals surface area contributed by atoms with Crippen molar-refractivity contribution in [2.75, 3.05) is 0 Å². The second-order valence-electron chi connectivity index (χ2n) is 6.61. The van der Waals surface area contributed by atoms with Gasteiger partial charge >= 0.3 is 0 Å². The van der Waals surface area contributed by atoms with E-state index in [2.05, 4.69) is 13.0 Å². The first-order valence-corrected chi connectivity index (χ1v) is 6.47. The molecule has 0 aromatic rings. The van der Waals surface area contributed by atoms with Crippen molar-refractivity contribution < 1.29 is 0 Å². The van der Waals surface area contributed by atoms with Crippen LogP contribution in [0, 0.1) is 29.1 Å². The topological polar surface area (TPSA) is 0 Å². The number of rotatable bonds is 1. The highest BCUT2D eigenvalue weighted by Gasteiger charge is 2.54. The van der Waals surface area contributed by atoms with Gasteiger partial charge in [0.25, 0.3) is 0 Å². The maximum Gasteiger partial charge on any atom is -0.00428 e. The third-order valence-corrected chi connectivity index (χ3v) is 5.46. The standard InChI is InChI=1S/C14H20/c1-9-2-13(9)14-6-10-3-11(7-14)5-12(4-10)8-14/h2,9-12H,3-8H2,1H3.